The van der Waals surface area contributed by atoms with Crippen molar-refractivity contribution in [1.29, 1.82) is 0 Å². The van der Waals surface area contributed by atoms with E-state index in [2.05, 4.69) is 30.6 Å². The molecule has 2 aliphatic rings. The number of pyridine rings is 1. The van der Waals surface area contributed by atoms with E-state index < -0.39 is 5.95 Å². The Labute approximate surface area is 230 Å². The van der Waals surface area contributed by atoms with Crippen LogP contribution >= 0.6 is 11.6 Å². The molecule has 0 radical (unpaired) electrons. The van der Waals surface area contributed by atoms with E-state index in [4.69, 9.17) is 17.3 Å². The Morgan fingerprint density at radius 2 is 2.00 bits per heavy atom. The first-order chi connectivity index (χ1) is 19.4. The quantitative estimate of drug-likeness (QED) is 0.337. The van der Waals surface area contributed by atoms with E-state index >= 15 is 4.39 Å². The number of nitrogens with zero attached hydrogens (tertiary/aromatic N) is 8. The van der Waals surface area contributed by atoms with Crippen LogP contribution in [0.3, 0.4) is 0 Å². The molecule has 11 nitrogen and oxygen atoms in total. The summed E-state index contributed by atoms with van der Waals surface area (Å²) >= 11 is 6.33. The number of halogens is 2. The zero-order valence-corrected chi connectivity index (χ0v) is 21.7. The number of imidazole rings is 1. The summed E-state index contributed by atoms with van der Waals surface area (Å²) in [5.41, 5.74) is 10.4. The fraction of sp³-hybridized carbons (Fsp3) is 0.185. The third-order valence-electron chi connectivity index (χ3n) is 7.98. The van der Waals surface area contributed by atoms with E-state index in [1.54, 1.807) is 40.6 Å². The van der Waals surface area contributed by atoms with Gasteiger partial charge in [0.25, 0.3) is 5.56 Å². The number of tetrazole rings is 1. The molecule has 0 spiro atoms. The minimum absolute atomic E-state index is 0.152. The van der Waals surface area contributed by atoms with Crippen molar-refractivity contribution >= 4 is 28.3 Å². The third kappa shape index (κ3) is 3.29. The summed E-state index contributed by atoms with van der Waals surface area (Å²) in [6, 6.07) is 13.9. The molecule has 3 N–H and O–H groups in total. The monoisotopic (exact) mass is 554 g/mol. The lowest BCUT2D eigenvalue weighted by molar-refractivity contribution is 0.504. The van der Waals surface area contributed by atoms with Gasteiger partial charge >= 0.3 is 0 Å². The van der Waals surface area contributed by atoms with Crippen LogP contribution in [-0.4, -0.2) is 44.5 Å². The number of anilines is 1. The van der Waals surface area contributed by atoms with Crippen molar-refractivity contribution in [2.45, 2.75) is 18.4 Å². The first kappa shape index (κ1) is 23.1. The molecular weight excluding hydrogens is 535 g/mol. The molecule has 4 aromatic heterocycles. The number of benzene rings is 2. The molecular formula is C27H20ClFN10O. The SMILES string of the molecule is Cn1nc(N)c2ccc(-c3nc([C@@H]4[C@H]5C[C@H]5c5cc(-c6cc(Cl)ccc6-n6cnnn6)cc(=O)n54)[nH]c3F)cc21. The highest BCUT2D eigenvalue weighted by atomic mass is 35.5. The number of aromatic amines is 1. The summed E-state index contributed by atoms with van der Waals surface area (Å²) in [5.74, 6) is 0.620. The zero-order valence-electron chi connectivity index (χ0n) is 21.0. The molecule has 0 unspecified atom stereocenters. The molecule has 0 saturated heterocycles. The number of hydrogen-bond donors (Lipinski definition) is 2. The van der Waals surface area contributed by atoms with Crippen LogP contribution in [0.1, 0.15) is 29.9 Å². The molecule has 1 aliphatic carbocycles. The fourth-order valence-corrected chi connectivity index (χ4v) is 6.28. The first-order valence-electron chi connectivity index (χ1n) is 12.6. The summed E-state index contributed by atoms with van der Waals surface area (Å²) in [6.07, 6.45) is 2.38. The van der Waals surface area contributed by atoms with Crippen molar-refractivity contribution in [1.82, 2.24) is 44.5 Å². The molecule has 3 atom stereocenters. The molecule has 13 heteroatoms. The van der Waals surface area contributed by atoms with Crippen LogP contribution < -0.4 is 11.3 Å². The van der Waals surface area contributed by atoms with Crippen LogP contribution in [0.2, 0.25) is 5.02 Å². The van der Waals surface area contributed by atoms with E-state index in [1.807, 2.05) is 24.3 Å². The van der Waals surface area contributed by atoms with Crippen molar-refractivity contribution in [3.05, 3.63) is 87.7 Å². The minimum atomic E-state index is -0.551. The van der Waals surface area contributed by atoms with Gasteiger partial charge in [-0.25, -0.2) is 4.98 Å². The summed E-state index contributed by atoms with van der Waals surface area (Å²) < 4.78 is 20.2. The van der Waals surface area contributed by atoms with E-state index in [9.17, 15) is 4.79 Å². The minimum Gasteiger partial charge on any atom is -0.382 e. The second kappa shape index (κ2) is 8.09. The Morgan fingerprint density at radius 1 is 1.12 bits per heavy atom. The van der Waals surface area contributed by atoms with Gasteiger partial charge in [0.05, 0.1) is 17.2 Å². The van der Waals surface area contributed by atoms with Gasteiger partial charge in [-0.15, -0.1) is 5.10 Å². The van der Waals surface area contributed by atoms with E-state index in [-0.39, 0.29) is 29.1 Å². The number of nitrogens with two attached hydrogens (primary N) is 1. The third-order valence-corrected chi connectivity index (χ3v) is 8.21. The lowest BCUT2D eigenvalue weighted by Crippen LogP contribution is -2.26. The van der Waals surface area contributed by atoms with Crippen LogP contribution in [0.5, 0.6) is 0 Å². The van der Waals surface area contributed by atoms with Crippen molar-refractivity contribution in [2.75, 3.05) is 5.73 Å². The smallest absolute Gasteiger partial charge is 0.252 e. The topological polar surface area (TPSA) is 138 Å². The molecule has 8 rings (SSSR count). The molecule has 1 aliphatic heterocycles. The highest BCUT2D eigenvalue weighted by Crippen LogP contribution is 2.60. The van der Waals surface area contributed by atoms with Crippen molar-refractivity contribution in [2.24, 2.45) is 13.0 Å². The maximum atomic E-state index is 15.3. The summed E-state index contributed by atoms with van der Waals surface area (Å²) in [4.78, 5) is 21.1. The molecule has 0 amide bonds. The number of aromatic nitrogens is 9. The Kier molecular flexibility index (Phi) is 4.67. The molecule has 2 aromatic carbocycles. The molecule has 1 saturated carbocycles. The van der Waals surface area contributed by atoms with Crippen LogP contribution in [0.25, 0.3) is 39.0 Å². The Morgan fingerprint density at radius 3 is 2.83 bits per heavy atom. The van der Waals surface area contributed by atoms with Crippen LogP contribution in [0.15, 0.2) is 59.7 Å². The normalized spacial score (nSPS) is 19.2. The zero-order chi connectivity index (χ0) is 27.3. The van der Waals surface area contributed by atoms with Crippen molar-refractivity contribution in [3.8, 4) is 28.1 Å². The van der Waals surface area contributed by atoms with Crippen LogP contribution in [0, 0.1) is 11.9 Å². The standard InChI is InChI=1S/C27H20ClFN10O/c1-37-20-6-12(2-4-15(20)26(30)34-37)23-25(29)33-27(32-23)24-18-10-17(18)21-7-13(8-22(40)39(21)24)16-9-14(28)3-5-19(16)38-11-31-35-36-38/h2-9,11,17-18,24H,10H2,1H3,(H2,30,34)(H,32,33)/t17-,18+,24+/m1/s1. The first-order valence-corrected chi connectivity index (χ1v) is 13.0. The molecule has 5 heterocycles. The van der Waals surface area contributed by atoms with Gasteiger partial charge in [0.15, 0.2) is 5.82 Å². The average molecular weight is 555 g/mol. The Balaban J connectivity index is 1.21. The fourth-order valence-electron chi connectivity index (χ4n) is 6.10. The summed E-state index contributed by atoms with van der Waals surface area (Å²) in [5, 5.41) is 17.0. The number of H-pyrrole nitrogens is 1. The number of nitrogen functional groups attached to an aromatic ring is 1. The van der Waals surface area contributed by atoms with Gasteiger partial charge in [-0.2, -0.15) is 14.2 Å². The van der Waals surface area contributed by atoms with Gasteiger partial charge in [0, 0.05) is 46.3 Å². The van der Waals surface area contributed by atoms with E-state index in [1.165, 1.54) is 11.0 Å². The number of hydrogen-bond acceptors (Lipinski definition) is 7. The number of nitrogens with one attached hydrogen (secondary N) is 1. The van der Waals surface area contributed by atoms with Gasteiger partial charge in [-0.1, -0.05) is 17.7 Å². The lowest BCUT2D eigenvalue weighted by Gasteiger charge is -2.17. The Bertz CT molecular complexity index is 2040. The number of aryl methyl sites for hydroxylation is 1. The van der Waals surface area contributed by atoms with Crippen LogP contribution in [-0.2, 0) is 7.05 Å². The predicted molar refractivity (Wildman–Crippen MR) is 146 cm³/mol. The average Bonchev–Trinajstić information content (AvgIpc) is 3.26. The predicted octanol–water partition coefficient (Wildman–Crippen LogP) is 3.85. The molecule has 198 valence electrons. The molecule has 0 bridgehead atoms. The van der Waals surface area contributed by atoms with Gasteiger partial charge in [0.2, 0.25) is 5.95 Å². The lowest BCUT2D eigenvalue weighted by atomic mass is 10.0. The molecule has 1 fully saturated rings. The van der Waals surface area contributed by atoms with E-state index in [0.717, 1.165) is 28.6 Å². The maximum Gasteiger partial charge on any atom is 0.252 e. The molecule has 6 aromatic rings. The van der Waals surface area contributed by atoms with Gasteiger partial charge in [-0.05, 0) is 64.7 Å². The van der Waals surface area contributed by atoms with Crippen LogP contribution in [0.4, 0.5) is 10.2 Å². The molecule has 40 heavy (non-hydrogen) atoms. The second-order valence-electron chi connectivity index (χ2n) is 10.3. The van der Waals surface area contributed by atoms with Crippen molar-refractivity contribution < 1.29 is 4.39 Å². The summed E-state index contributed by atoms with van der Waals surface area (Å²) in [6.45, 7) is 0. The maximum absolute atomic E-state index is 15.3. The largest absolute Gasteiger partial charge is 0.382 e. The number of rotatable bonds is 4. The highest BCUT2D eigenvalue weighted by Gasteiger charge is 2.54. The highest BCUT2D eigenvalue weighted by molar-refractivity contribution is 6.31. The van der Waals surface area contributed by atoms with Crippen molar-refractivity contribution in [3.63, 3.8) is 0 Å². The number of fused-ring (bicyclic) bond motifs is 4. The second-order valence-corrected chi connectivity index (χ2v) is 10.7. The van der Waals surface area contributed by atoms with Gasteiger partial charge in [-0.3, -0.25) is 9.48 Å². The van der Waals surface area contributed by atoms with Gasteiger partial charge < -0.3 is 15.3 Å². The van der Waals surface area contributed by atoms with E-state index in [0.29, 0.717) is 33.5 Å². The Hall–Kier alpha value is -4.84. The summed E-state index contributed by atoms with van der Waals surface area (Å²) in [7, 11) is 1.79. The van der Waals surface area contributed by atoms with Gasteiger partial charge in [0.1, 0.15) is 17.8 Å².